The lowest BCUT2D eigenvalue weighted by molar-refractivity contribution is -0.137. The third-order valence-corrected chi connectivity index (χ3v) is 5.61. The topological polar surface area (TPSA) is 40.6 Å². The molecule has 23 heavy (non-hydrogen) atoms. The number of carbonyl (C=O) groups is 2. The van der Waals surface area contributed by atoms with Crippen molar-refractivity contribution in [3.63, 3.8) is 0 Å². The first-order chi connectivity index (χ1) is 11.1. The van der Waals surface area contributed by atoms with Crippen LogP contribution in [0.1, 0.15) is 42.5 Å². The van der Waals surface area contributed by atoms with E-state index in [9.17, 15) is 9.59 Å². The van der Waals surface area contributed by atoms with Crippen molar-refractivity contribution in [3.8, 4) is 0 Å². The van der Waals surface area contributed by atoms with Crippen molar-refractivity contribution >= 4 is 34.4 Å². The molecular formula is C18H23IN2O2. The summed E-state index contributed by atoms with van der Waals surface area (Å²) < 4.78 is 1.13. The Bertz CT molecular complexity index is 559. The molecule has 3 rings (SSSR count). The fraction of sp³-hybridized carbons (Fsp3) is 0.556. The maximum atomic E-state index is 12.6. The lowest BCUT2D eigenvalue weighted by Gasteiger charge is -2.35. The van der Waals surface area contributed by atoms with E-state index in [1.807, 2.05) is 34.1 Å². The number of carbonyl (C=O) groups excluding carboxylic acids is 2. The van der Waals surface area contributed by atoms with Crippen molar-refractivity contribution in [1.29, 1.82) is 0 Å². The van der Waals surface area contributed by atoms with Crippen LogP contribution in [0.2, 0.25) is 0 Å². The Labute approximate surface area is 151 Å². The van der Waals surface area contributed by atoms with Crippen LogP contribution in [0.5, 0.6) is 0 Å². The van der Waals surface area contributed by atoms with Crippen LogP contribution in [0.15, 0.2) is 24.3 Å². The third-order valence-electron chi connectivity index (χ3n) is 4.89. The molecule has 0 atom stereocenters. The SMILES string of the molecule is O=C(c1ccc(I)cc1)N1CCC(C(=O)N2CCCCC2)CC1. The quantitative estimate of drug-likeness (QED) is 0.682. The monoisotopic (exact) mass is 426 g/mol. The molecule has 0 unspecified atom stereocenters. The Morgan fingerprint density at radius 3 is 2.09 bits per heavy atom. The van der Waals surface area contributed by atoms with E-state index >= 15 is 0 Å². The minimum absolute atomic E-state index is 0.0882. The van der Waals surface area contributed by atoms with Gasteiger partial charge in [0.15, 0.2) is 0 Å². The zero-order valence-corrected chi connectivity index (χ0v) is 15.5. The smallest absolute Gasteiger partial charge is 0.253 e. The molecule has 0 aliphatic carbocycles. The molecule has 0 bridgehead atoms. The van der Waals surface area contributed by atoms with Gasteiger partial charge >= 0.3 is 0 Å². The maximum absolute atomic E-state index is 12.6. The molecule has 4 nitrogen and oxygen atoms in total. The first-order valence-electron chi connectivity index (χ1n) is 8.49. The van der Waals surface area contributed by atoms with E-state index in [2.05, 4.69) is 22.6 Å². The van der Waals surface area contributed by atoms with Crippen LogP contribution in [0, 0.1) is 9.49 Å². The highest BCUT2D eigenvalue weighted by Gasteiger charge is 2.30. The number of benzene rings is 1. The van der Waals surface area contributed by atoms with Crippen LogP contribution in [0.4, 0.5) is 0 Å². The zero-order valence-electron chi connectivity index (χ0n) is 13.3. The van der Waals surface area contributed by atoms with Crippen molar-refractivity contribution in [2.24, 2.45) is 5.92 Å². The van der Waals surface area contributed by atoms with E-state index in [0.717, 1.165) is 47.9 Å². The predicted octanol–water partition coefficient (Wildman–Crippen LogP) is 3.16. The summed E-state index contributed by atoms with van der Waals surface area (Å²) in [6, 6.07) is 7.69. The lowest BCUT2D eigenvalue weighted by Crippen LogP contribution is -2.45. The minimum atomic E-state index is 0.0882. The number of hydrogen-bond acceptors (Lipinski definition) is 2. The molecule has 2 saturated heterocycles. The summed E-state index contributed by atoms with van der Waals surface area (Å²) in [5.74, 6) is 0.505. The van der Waals surface area contributed by atoms with Gasteiger partial charge < -0.3 is 9.80 Å². The molecular weight excluding hydrogens is 403 g/mol. The fourth-order valence-electron chi connectivity index (χ4n) is 3.48. The number of likely N-dealkylation sites (tertiary alicyclic amines) is 2. The van der Waals surface area contributed by atoms with Crippen molar-refractivity contribution < 1.29 is 9.59 Å². The summed E-state index contributed by atoms with van der Waals surface area (Å²) in [5, 5.41) is 0. The zero-order chi connectivity index (χ0) is 16.2. The van der Waals surface area contributed by atoms with Crippen molar-refractivity contribution in [2.45, 2.75) is 32.1 Å². The van der Waals surface area contributed by atoms with Crippen LogP contribution in [0.25, 0.3) is 0 Å². The standard InChI is InChI=1S/C18H23IN2O2/c19-16-6-4-14(5-7-16)17(22)21-12-8-15(9-13-21)18(23)20-10-2-1-3-11-20/h4-7,15H,1-3,8-13H2. The molecule has 2 fully saturated rings. The predicted molar refractivity (Wildman–Crippen MR) is 98.2 cm³/mol. The van der Waals surface area contributed by atoms with E-state index in [4.69, 9.17) is 0 Å². The number of halogens is 1. The highest BCUT2D eigenvalue weighted by atomic mass is 127. The number of nitrogens with zero attached hydrogens (tertiary/aromatic N) is 2. The van der Waals surface area contributed by atoms with E-state index in [1.54, 1.807) is 0 Å². The molecule has 0 radical (unpaired) electrons. The lowest BCUT2D eigenvalue weighted by atomic mass is 9.94. The Balaban J connectivity index is 1.54. The summed E-state index contributed by atoms with van der Waals surface area (Å²) in [7, 11) is 0. The van der Waals surface area contributed by atoms with Crippen LogP contribution >= 0.6 is 22.6 Å². The van der Waals surface area contributed by atoms with E-state index in [1.165, 1.54) is 6.42 Å². The van der Waals surface area contributed by atoms with E-state index in [0.29, 0.717) is 19.0 Å². The Morgan fingerprint density at radius 2 is 1.48 bits per heavy atom. The number of rotatable bonds is 2. The molecule has 124 valence electrons. The largest absolute Gasteiger partial charge is 0.342 e. The highest BCUT2D eigenvalue weighted by Crippen LogP contribution is 2.23. The second kappa shape index (κ2) is 7.64. The van der Waals surface area contributed by atoms with E-state index in [-0.39, 0.29) is 11.8 Å². The van der Waals surface area contributed by atoms with Gasteiger partial charge in [-0.1, -0.05) is 0 Å². The van der Waals surface area contributed by atoms with Gasteiger partial charge in [0.2, 0.25) is 5.91 Å². The molecule has 2 amide bonds. The molecule has 1 aromatic rings. The molecule has 0 aromatic heterocycles. The highest BCUT2D eigenvalue weighted by molar-refractivity contribution is 14.1. The second-order valence-corrected chi connectivity index (χ2v) is 7.70. The maximum Gasteiger partial charge on any atom is 0.253 e. The first kappa shape index (κ1) is 16.7. The van der Waals surface area contributed by atoms with Gasteiger partial charge in [-0.25, -0.2) is 0 Å². The summed E-state index contributed by atoms with van der Waals surface area (Å²) in [4.78, 5) is 29.0. The van der Waals surface area contributed by atoms with Crippen LogP contribution in [-0.4, -0.2) is 47.8 Å². The van der Waals surface area contributed by atoms with Crippen molar-refractivity contribution in [1.82, 2.24) is 9.80 Å². The van der Waals surface area contributed by atoms with Gasteiger partial charge in [0.25, 0.3) is 5.91 Å². The second-order valence-electron chi connectivity index (χ2n) is 6.46. The Kier molecular flexibility index (Phi) is 5.56. The Hall–Kier alpha value is -1.11. The molecule has 1 aromatic carbocycles. The van der Waals surface area contributed by atoms with Crippen LogP contribution < -0.4 is 0 Å². The van der Waals surface area contributed by atoms with E-state index < -0.39 is 0 Å². The average Bonchev–Trinajstić information content (AvgIpc) is 2.62. The molecule has 2 heterocycles. The summed E-state index contributed by atoms with van der Waals surface area (Å²) in [6.45, 7) is 3.21. The Morgan fingerprint density at radius 1 is 0.870 bits per heavy atom. The molecule has 2 aliphatic heterocycles. The molecule has 0 saturated carbocycles. The first-order valence-corrected chi connectivity index (χ1v) is 9.56. The molecule has 5 heteroatoms. The van der Waals surface area contributed by atoms with Gasteiger partial charge in [-0.05, 0) is 79.0 Å². The molecule has 2 aliphatic rings. The van der Waals surface area contributed by atoms with Gasteiger partial charge in [0.1, 0.15) is 0 Å². The van der Waals surface area contributed by atoms with Gasteiger partial charge in [-0.3, -0.25) is 9.59 Å². The normalized spacial score (nSPS) is 19.7. The summed E-state index contributed by atoms with van der Waals surface area (Å²) >= 11 is 2.24. The number of hydrogen-bond donors (Lipinski definition) is 0. The summed E-state index contributed by atoms with van der Waals surface area (Å²) in [6.07, 6.45) is 5.11. The number of amides is 2. The van der Waals surface area contributed by atoms with Gasteiger partial charge in [-0.15, -0.1) is 0 Å². The van der Waals surface area contributed by atoms with Crippen LogP contribution in [0.3, 0.4) is 0 Å². The number of piperidine rings is 2. The fourth-order valence-corrected chi connectivity index (χ4v) is 3.84. The average molecular weight is 426 g/mol. The van der Waals surface area contributed by atoms with Crippen molar-refractivity contribution in [2.75, 3.05) is 26.2 Å². The van der Waals surface area contributed by atoms with Gasteiger partial charge in [0, 0.05) is 41.2 Å². The molecule has 0 N–H and O–H groups in total. The molecule has 0 spiro atoms. The van der Waals surface area contributed by atoms with Gasteiger partial charge in [-0.2, -0.15) is 0 Å². The summed E-state index contributed by atoms with van der Waals surface area (Å²) in [5.41, 5.74) is 0.742. The minimum Gasteiger partial charge on any atom is -0.342 e. The van der Waals surface area contributed by atoms with Crippen molar-refractivity contribution in [3.05, 3.63) is 33.4 Å². The third kappa shape index (κ3) is 4.05. The van der Waals surface area contributed by atoms with Gasteiger partial charge in [0.05, 0.1) is 0 Å². The van der Waals surface area contributed by atoms with Crippen LogP contribution in [-0.2, 0) is 4.79 Å².